The highest BCUT2D eigenvalue weighted by Gasteiger charge is 2.17. The summed E-state index contributed by atoms with van der Waals surface area (Å²) in [7, 11) is -1.65. The first-order chi connectivity index (χ1) is 9.31. The van der Waals surface area contributed by atoms with Crippen LogP contribution in [0.25, 0.3) is 0 Å². The lowest BCUT2D eigenvalue weighted by molar-refractivity contribution is 0.336. The molecule has 0 aliphatic heterocycles. The van der Waals surface area contributed by atoms with Gasteiger partial charge in [0, 0.05) is 25.3 Å². The van der Waals surface area contributed by atoms with E-state index < -0.39 is 10.0 Å². The summed E-state index contributed by atoms with van der Waals surface area (Å²) in [5, 5.41) is 0. The summed E-state index contributed by atoms with van der Waals surface area (Å²) in [6.07, 6.45) is 0.853. The number of ether oxygens (including phenoxy) is 1. The van der Waals surface area contributed by atoms with Crippen LogP contribution in [0.3, 0.4) is 0 Å². The van der Waals surface area contributed by atoms with Crippen LogP contribution in [0.2, 0.25) is 0 Å². The van der Waals surface area contributed by atoms with Crippen LogP contribution in [-0.2, 0) is 10.0 Å². The van der Waals surface area contributed by atoms with E-state index >= 15 is 0 Å². The summed E-state index contributed by atoms with van der Waals surface area (Å²) >= 11 is 0. The standard InChI is InChI=1S/C14H24N2O3S/c1-12(2)7-8-16(3)20(17,18)10-9-19-14-6-4-5-13(15)11-14/h4-6,11-12H,7-10,15H2,1-3H3. The lowest BCUT2D eigenvalue weighted by atomic mass is 10.1. The molecule has 0 bridgehead atoms. The molecule has 0 aliphatic rings. The van der Waals surface area contributed by atoms with Gasteiger partial charge in [-0.2, -0.15) is 0 Å². The maximum absolute atomic E-state index is 12.0. The number of rotatable bonds is 8. The molecule has 0 saturated carbocycles. The Hall–Kier alpha value is -1.27. The predicted octanol–water partition coefficient (Wildman–Crippen LogP) is 1.96. The van der Waals surface area contributed by atoms with E-state index in [1.807, 2.05) is 0 Å². The average Bonchev–Trinajstić information content (AvgIpc) is 2.35. The molecule has 0 fully saturated rings. The van der Waals surface area contributed by atoms with E-state index in [0.717, 1.165) is 6.42 Å². The van der Waals surface area contributed by atoms with Crippen molar-refractivity contribution in [2.45, 2.75) is 20.3 Å². The lowest BCUT2D eigenvalue weighted by Crippen LogP contribution is -2.32. The van der Waals surface area contributed by atoms with E-state index in [4.69, 9.17) is 10.5 Å². The zero-order valence-electron chi connectivity index (χ0n) is 12.4. The van der Waals surface area contributed by atoms with E-state index in [-0.39, 0.29) is 12.4 Å². The Morgan fingerprint density at radius 2 is 2.05 bits per heavy atom. The summed E-state index contributed by atoms with van der Waals surface area (Å²) in [4.78, 5) is 0. The third-order valence-electron chi connectivity index (χ3n) is 2.96. The fourth-order valence-electron chi connectivity index (χ4n) is 1.60. The third kappa shape index (κ3) is 5.79. The molecule has 20 heavy (non-hydrogen) atoms. The molecule has 0 radical (unpaired) electrons. The Morgan fingerprint density at radius 3 is 2.65 bits per heavy atom. The normalized spacial score (nSPS) is 12.1. The number of nitrogens with zero attached hydrogens (tertiary/aromatic N) is 1. The molecule has 1 rings (SSSR count). The number of hydrogen-bond donors (Lipinski definition) is 1. The summed E-state index contributed by atoms with van der Waals surface area (Å²) in [6.45, 7) is 4.81. The second-order valence-electron chi connectivity index (χ2n) is 5.24. The SMILES string of the molecule is CC(C)CCN(C)S(=O)(=O)CCOc1cccc(N)c1. The Balaban J connectivity index is 2.43. The van der Waals surface area contributed by atoms with Gasteiger partial charge in [0.2, 0.25) is 10.0 Å². The molecule has 6 heteroatoms. The first-order valence-corrected chi connectivity index (χ1v) is 8.34. The van der Waals surface area contributed by atoms with Gasteiger partial charge in [0.15, 0.2) is 0 Å². The van der Waals surface area contributed by atoms with Gasteiger partial charge in [-0.15, -0.1) is 0 Å². The minimum absolute atomic E-state index is 0.0314. The van der Waals surface area contributed by atoms with Gasteiger partial charge in [-0.1, -0.05) is 19.9 Å². The maximum Gasteiger partial charge on any atom is 0.217 e. The zero-order valence-corrected chi connectivity index (χ0v) is 13.2. The molecule has 0 heterocycles. The summed E-state index contributed by atoms with van der Waals surface area (Å²) in [6, 6.07) is 6.96. The molecule has 114 valence electrons. The fourth-order valence-corrected chi connectivity index (χ4v) is 2.59. The van der Waals surface area contributed by atoms with Crippen LogP contribution >= 0.6 is 0 Å². The molecule has 1 aromatic rings. The quantitative estimate of drug-likeness (QED) is 0.745. The minimum Gasteiger partial charge on any atom is -0.492 e. The van der Waals surface area contributed by atoms with E-state index in [1.165, 1.54) is 4.31 Å². The third-order valence-corrected chi connectivity index (χ3v) is 4.78. The number of nitrogen functional groups attached to an aromatic ring is 1. The number of benzene rings is 1. The largest absolute Gasteiger partial charge is 0.492 e. The van der Waals surface area contributed by atoms with Crippen molar-refractivity contribution in [2.24, 2.45) is 5.92 Å². The summed E-state index contributed by atoms with van der Waals surface area (Å²) in [5.74, 6) is 1.04. The van der Waals surface area contributed by atoms with Crippen molar-refractivity contribution in [3.05, 3.63) is 24.3 Å². The van der Waals surface area contributed by atoms with Gasteiger partial charge in [-0.25, -0.2) is 12.7 Å². The van der Waals surface area contributed by atoms with Gasteiger partial charge < -0.3 is 10.5 Å². The number of hydrogen-bond acceptors (Lipinski definition) is 4. The molecule has 0 amide bonds. The van der Waals surface area contributed by atoms with E-state index in [0.29, 0.717) is 23.9 Å². The van der Waals surface area contributed by atoms with Crippen molar-refractivity contribution in [2.75, 3.05) is 31.7 Å². The highest BCUT2D eigenvalue weighted by Crippen LogP contribution is 2.14. The van der Waals surface area contributed by atoms with Gasteiger partial charge in [0.25, 0.3) is 0 Å². The molecule has 0 aromatic heterocycles. The number of sulfonamides is 1. The van der Waals surface area contributed by atoms with Crippen molar-refractivity contribution >= 4 is 15.7 Å². The van der Waals surface area contributed by atoms with Crippen LogP contribution in [0.15, 0.2) is 24.3 Å². The first kappa shape index (κ1) is 16.8. The molecular weight excluding hydrogens is 276 g/mol. The smallest absolute Gasteiger partial charge is 0.217 e. The minimum atomic E-state index is -3.26. The molecule has 0 aliphatic carbocycles. The van der Waals surface area contributed by atoms with Gasteiger partial charge >= 0.3 is 0 Å². The van der Waals surface area contributed by atoms with E-state index in [2.05, 4.69) is 13.8 Å². The van der Waals surface area contributed by atoms with Crippen molar-refractivity contribution in [3.63, 3.8) is 0 Å². The molecular formula is C14H24N2O3S. The average molecular weight is 300 g/mol. The molecule has 0 spiro atoms. The van der Waals surface area contributed by atoms with Crippen molar-refractivity contribution < 1.29 is 13.2 Å². The topological polar surface area (TPSA) is 72.6 Å². The van der Waals surface area contributed by atoms with Gasteiger partial charge in [0.1, 0.15) is 12.4 Å². The Morgan fingerprint density at radius 1 is 1.35 bits per heavy atom. The highest BCUT2D eigenvalue weighted by molar-refractivity contribution is 7.89. The molecule has 0 unspecified atom stereocenters. The monoisotopic (exact) mass is 300 g/mol. The number of anilines is 1. The van der Waals surface area contributed by atoms with Crippen molar-refractivity contribution in [3.8, 4) is 5.75 Å². The molecule has 0 saturated heterocycles. The number of nitrogens with two attached hydrogens (primary N) is 1. The van der Waals surface area contributed by atoms with Crippen LogP contribution in [-0.4, -0.2) is 38.7 Å². The second kappa shape index (κ2) is 7.50. The van der Waals surface area contributed by atoms with Crippen LogP contribution in [0.4, 0.5) is 5.69 Å². The van der Waals surface area contributed by atoms with Gasteiger partial charge in [0.05, 0.1) is 5.75 Å². The maximum atomic E-state index is 12.0. The van der Waals surface area contributed by atoms with Gasteiger partial charge in [-0.05, 0) is 24.5 Å². The molecule has 2 N–H and O–H groups in total. The van der Waals surface area contributed by atoms with E-state index in [9.17, 15) is 8.42 Å². The fraction of sp³-hybridized carbons (Fsp3) is 0.571. The highest BCUT2D eigenvalue weighted by atomic mass is 32.2. The molecule has 0 atom stereocenters. The second-order valence-corrected chi connectivity index (χ2v) is 7.44. The van der Waals surface area contributed by atoms with Crippen LogP contribution < -0.4 is 10.5 Å². The van der Waals surface area contributed by atoms with Crippen molar-refractivity contribution in [1.29, 1.82) is 0 Å². The van der Waals surface area contributed by atoms with Crippen molar-refractivity contribution in [1.82, 2.24) is 4.31 Å². The molecule has 5 nitrogen and oxygen atoms in total. The Bertz CT molecular complexity index is 515. The Labute approximate surface area is 121 Å². The summed E-state index contributed by atoms with van der Waals surface area (Å²) < 4.78 is 30.9. The van der Waals surface area contributed by atoms with Gasteiger partial charge in [-0.3, -0.25) is 0 Å². The van der Waals surface area contributed by atoms with Crippen LogP contribution in [0.1, 0.15) is 20.3 Å². The van der Waals surface area contributed by atoms with Crippen LogP contribution in [0, 0.1) is 5.92 Å². The first-order valence-electron chi connectivity index (χ1n) is 6.73. The Kier molecular flexibility index (Phi) is 6.29. The lowest BCUT2D eigenvalue weighted by Gasteiger charge is -2.18. The zero-order chi connectivity index (χ0) is 15.2. The van der Waals surface area contributed by atoms with E-state index in [1.54, 1.807) is 31.3 Å². The predicted molar refractivity (Wildman–Crippen MR) is 82.2 cm³/mol. The van der Waals surface area contributed by atoms with Crippen LogP contribution in [0.5, 0.6) is 5.75 Å². The summed E-state index contributed by atoms with van der Waals surface area (Å²) in [5.41, 5.74) is 6.22. The molecule has 1 aromatic carbocycles.